The second kappa shape index (κ2) is 7.92. The smallest absolute Gasteiger partial charge is 0.263 e. The number of thiocarbonyl (C=S) groups is 1. The number of hydrogen-bond acceptors (Lipinski definition) is 8. The molecule has 2 heterocycles. The van der Waals surface area contributed by atoms with Crippen molar-refractivity contribution in [3.8, 4) is 11.5 Å². The second-order valence-electron chi connectivity index (χ2n) is 5.55. The predicted molar refractivity (Wildman–Crippen MR) is 97.2 cm³/mol. The number of nitrogens with one attached hydrogen (secondary N) is 2. The molecule has 144 valence electrons. The first kappa shape index (κ1) is 19.1. The number of rotatable bonds is 6. The summed E-state index contributed by atoms with van der Waals surface area (Å²) in [7, 11) is 1.43. The lowest BCUT2D eigenvalue weighted by molar-refractivity contribution is -0.257. The summed E-state index contributed by atoms with van der Waals surface area (Å²) in [5.41, 5.74) is 0.421. The molecule has 0 bridgehead atoms. The number of benzene rings is 1. The van der Waals surface area contributed by atoms with E-state index in [1.54, 1.807) is 18.2 Å². The molecule has 1 aliphatic heterocycles. The Morgan fingerprint density at radius 2 is 1.89 bits per heavy atom. The number of ether oxygens (including phenoxy) is 2. The molecule has 2 N–H and O–H groups in total. The quantitative estimate of drug-likeness (QED) is 0.397. The Labute approximate surface area is 163 Å². The number of carbonyl (C=O) groups excluding carboxylic acids is 3. The Kier molecular flexibility index (Phi) is 5.41. The molecule has 1 aromatic heterocycles. The molecule has 0 spiro atoms. The van der Waals surface area contributed by atoms with E-state index in [2.05, 4.69) is 10.6 Å². The molecule has 1 aromatic carbocycles. The molecule has 1 fully saturated rings. The Morgan fingerprint density at radius 1 is 1.18 bits per heavy atom. The van der Waals surface area contributed by atoms with Gasteiger partial charge in [-0.2, -0.15) is 0 Å². The van der Waals surface area contributed by atoms with E-state index in [1.807, 2.05) is 0 Å². The summed E-state index contributed by atoms with van der Waals surface area (Å²) in [6, 6.07) is 7.50. The van der Waals surface area contributed by atoms with Gasteiger partial charge in [0.1, 0.15) is 29.7 Å². The van der Waals surface area contributed by atoms with Gasteiger partial charge in [0.25, 0.3) is 11.8 Å². The highest BCUT2D eigenvalue weighted by Crippen LogP contribution is 2.30. The highest BCUT2D eigenvalue weighted by Gasteiger charge is 2.25. The van der Waals surface area contributed by atoms with E-state index in [1.165, 1.54) is 25.3 Å². The zero-order chi connectivity index (χ0) is 20.3. The Hall–Kier alpha value is -3.66. The van der Waals surface area contributed by atoms with Gasteiger partial charge in [0.2, 0.25) is 0 Å². The highest BCUT2D eigenvalue weighted by atomic mass is 32.1. The molecular weight excluding hydrogens is 388 g/mol. The minimum Gasteiger partial charge on any atom is -0.542 e. The van der Waals surface area contributed by atoms with E-state index < -0.39 is 17.8 Å². The molecular formula is C18H13N2O7S-. The number of carboxylic acid groups (broad SMARTS) is 1. The van der Waals surface area contributed by atoms with Gasteiger partial charge in [-0.1, -0.05) is 6.07 Å². The van der Waals surface area contributed by atoms with Crippen molar-refractivity contribution < 1.29 is 33.4 Å². The van der Waals surface area contributed by atoms with Crippen LogP contribution in [0.3, 0.4) is 0 Å². The second-order valence-corrected chi connectivity index (χ2v) is 5.96. The summed E-state index contributed by atoms with van der Waals surface area (Å²) in [6.45, 7) is -0.0354. The number of methoxy groups -OCH3 is 1. The van der Waals surface area contributed by atoms with E-state index in [9.17, 15) is 19.5 Å². The van der Waals surface area contributed by atoms with Crippen LogP contribution < -0.4 is 25.2 Å². The summed E-state index contributed by atoms with van der Waals surface area (Å²) < 4.78 is 15.9. The van der Waals surface area contributed by atoms with Crippen LogP contribution in [0.5, 0.6) is 11.5 Å². The van der Waals surface area contributed by atoms with Crippen molar-refractivity contribution in [3.05, 3.63) is 53.0 Å². The van der Waals surface area contributed by atoms with Crippen LogP contribution in [0.2, 0.25) is 0 Å². The van der Waals surface area contributed by atoms with Crippen LogP contribution in [0.4, 0.5) is 0 Å². The van der Waals surface area contributed by atoms with Crippen molar-refractivity contribution in [2.24, 2.45) is 0 Å². The summed E-state index contributed by atoms with van der Waals surface area (Å²) in [6.07, 6.45) is 1.39. The van der Waals surface area contributed by atoms with Gasteiger partial charge in [0.15, 0.2) is 16.6 Å². The van der Waals surface area contributed by atoms with Crippen molar-refractivity contribution in [2.45, 2.75) is 6.61 Å². The van der Waals surface area contributed by atoms with Gasteiger partial charge >= 0.3 is 0 Å². The average Bonchev–Trinajstić information content (AvgIpc) is 3.12. The van der Waals surface area contributed by atoms with Crippen LogP contribution in [0.1, 0.15) is 21.9 Å². The standard InChI is InChI=1S/C18H14N2O7S/c1-25-14-7-9(6-11-15(21)19-18(28)20-16(11)22)2-4-12(14)26-8-10-3-5-13(27-10)17(23)24/h2-7H,8H2,1H3,(H,23,24)(H2,19,20,21,22,28)/p-1. The maximum absolute atomic E-state index is 11.9. The number of aromatic carboxylic acids is 1. The lowest BCUT2D eigenvalue weighted by Gasteiger charge is -2.16. The van der Waals surface area contributed by atoms with Gasteiger partial charge in [0, 0.05) is 0 Å². The Balaban J connectivity index is 1.77. The number of amides is 2. The van der Waals surface area contributed by atoms with Crippen molar-refractivity contribution in [2.75, 3.05) is 7.11 Å². The normalized spacial score (nSPS) is 13.6. The van der Waals surface area contributed by atoms with Crippen molar-refractivity contribution >= 4 is 41.2 Å². The first-order valence-electron chi connectivity index (χ1n) is 7.86. The topological polar surface area (TPSA) is 130 Å². The SMILES string of the molecule is COc1cc(C=C2C(=O)NC(=S)NC2=O)ccc1OCc1ccc(C(=O)[O-])o1. The molecule has 0 radical (unpaired) electrons. The lowest BCUT2D eigenvalue weighted by atomic mass is 10.1. The molecule has 28 heavy (non-hydrogen) atoms. The van der Waals surface area contributed by atoms with Crippen molar-refractivity contribution in [3.63, 3.8) is 0 Å². The Morgan fingerprint density at radius 3 is 2.50 bits per heavy atom. The van der Waals surface area contributed by atoms with Gasteiger partial charge in [-0.3, -0.25) is 20.2 Å². The Bertz CT molecular complexity index is 987. The minimum absolute atomic E-state index is 0.0354. The van der Waals surface area contributed by atoms with Gasteiger partial charge in [-0.15, -0.1) is 0 Å². The largest absolute Gasteiger partial charge is 0.542 e. The zero-order valence-corrected chi connectivity index (χ0v) is 15.3. The molecule has 1 saturated heterocycles. The number of hydrogen-bond donors (Lipinski definition) is 2. The molecule has 2 amide bonds. The van der Waals surface area contributed by atoms with Gasteiger partial charge < -0.3 is 23.8 Å². The van der Waals surface area contributed by atoms with Gasteiger partial charge in [0.05, 0.1) is 7.11 Å². The van der Waals surface area contributed by atoms with Gasteiger partial charge in [-0.25, -0.2) is 0 Å². The van der Waals surface area contributed by atoms with E-state index in [0.717, 1.165) is 0 Å². The fourth-order valence-corrected chi connectivity index (χ4v) is 2.57. The third-order valence-electron chi connectivity index (χ3n) is 3.67. The fraction of sp³-hybridized carbons (Fsp3) is 0.111. The van der Waals surface area contributed by atoms with Crippen LogP contribution in [-0.4, -0.2) is 30.0 Å². The third-order valence-corrected chi connectivity index (χ3v) is 3.88. The highest BCUT2D eigenvalue weighted by molar-refractivity contribution is 7.80. The molecule has 0 atom stereocenters. The minimum atomic E-state index is -1.42. The number of carboxylic acids is 1. The van der Waals surface area contributed by atoms with E-state index in [4.69, 9.17) is 26.1 Å². The van der Waals surface area contributed by atoms with Crippen LogP contribution in [0.15, 0.2) is 40.3 Å². The van der Waals surface area contributed by atoms with Crippen LogP contribution in [-0.2, 0) is 16.2 Å². The first-order chi connectivity index (χ1) is 13.4. The average molecular weight is 401 g/mol. The van der Waals surface area contributed by atoms with E-state index in [-0.39, 0.29) is 23.1 Å². The van der Waals surface area contributed by atoms with Crippen LogP contribution in [0, 0.1) is 0 Å². The van der Waals surface area contributed by atoms with E-state index in [0.29, 0.717) is 22.8 Å². The number of furan rings is 1. The molecule has 0 saturated carbocycles. The summed E-state index contributed by atoms with van der Waals surface area (Å²) >= 11 is 4.75. The maximum Gasteiger partial charge on any atom is 0.263 e. The van der Waals surface area contributed by atoms with Crippen molar-refractivity contribution in [1.29, 1.82) is 0 Å². The molecule has 9 nitrogen and oxygen atoms in total. The molecule has 10 heteroatoms. The maximum atomic E-state index is 11.9. The number of carbonyl (C=O) groups is 3. The summed E-state index contributed by atoms with van der Waals surface area (Å²) in [4.78, 5) is 34.5. The summed E-state index contributed by atoms with van der Waals surface area (Å²) in [5, 5.41) is 15.4. The van der Waals surface area contributed by atoms with Gasteiger partial charge in [-0.05, 0) is 48.1 Å². The predicted octanol–water partition coefficient (Wildman–Crippen LogP) is 0.145. The monoisotopic (exact) mass is 401 g/mol. The molecule has 1 aliphatic rings. The molecule has 3 rings (SSSR count). The molecule has 0 unspecified atom stereocenters. The van der Waals surface area contributed by atoms with Crippen LogP contribution in [0.25, 0.3) is 6.08 Å². The zero-order valence-electron chi connectivity index (χ0n) is 14.4. The van der Waals surface area contributed by atoms with Crippen LogP contribution >= 0.6 is 12.2 Å². The fourth-order valence-electron chi connectivity index (χ4n) is 2.38. The molecule has 0 aliphatic carbocycles. The lowest BCUT2D eigenvalue weighted by Crippen LogP contribution is -2.51. The first-order valence-corrected chi connectivity index (χ1v) is 8.27. The van der Waals surface area contributed by atoms with E-state index >= 15 is 0 Å². The molecule has 2 aromatic rings. The van der Waals surface area contributed by atoms with Crippen molar-refractivity contribution in [1.82, 2.24) is 10.6 Å². The summed E-state index contributed by atoms with van der Waals surface area (Å²) in [5.74, 6) is -1.93. The third kappa shape index (κ3) is 4.18.